The van der Waals surface area contributed by atoms with Gasteiger partial charge in [0.2, 0.25) is 0 Å². The third kappa shape index (κ3) is 5.88. The van der Waals surface area contributed by atoms with Crippen molar-refractivity contribution in [2.75, 3.05) is 24.6 Å². The first-order valence-electron chi connectivity index (χ1n) is 5.93. The van der Waals surface area contributed by atoms with Crippen LogP contribution in [0.1, 0.15) is 12.8 Å². The van der Waals surface area contributed by atoms with E-state index in [1.165, 1.54) is 0 Å². The van der Waals surface area contributed by atoms with Gasteiger partial charge in [0.15, 0.2) is 15.9 Å². The SMILES string of the molecule is O=C(NCCC(O)C(=O)O)NCC1CCS(=O)(=O)C1. The smallest absolute Gasteiger partial charge is 0.332 e. The number of aliphatic carboxylic acids is 1. The quantitative estimate of drug-likeness (QED) is 0.474. The van der Waals surface area contributed by atoms with Crippen LogP contribution in [0.5, 0.6) is 0 Å². The second kappa shape index (κ2) is 6.71. The first kappa shape index (κ1) is 15.7. The summed E-state index contributed by atoms with van der Waals surface area (Å²) in [6.45, 7) is 0.300. The van der Waals surface area contributed by atoms with Crippen molar-refractivity contribution in [3.8, 4) is 0 Å². The van der Waals surface area contributed by atoms with E-state index in [1.54, 1.807) is 0 Å². The highest BCUT2D eigenvalue weighted by Gasteiger charge is 2.27. The van der Waals surface area contributed by atoms with E-state index in [9.17, 15) is 18.0 Å². The zero-order valence-electron chi connectivity index (χ0n) is 10.3. The zero-order chi connectivity index (χ0) is 14.5. The maximum Gasteiger partial charge on any atom is 0.332 e. The average molecular weight is 294 g/mol. The number of aliphatic hydroxyl groups excluding tert-OH is 1. The van der Waals surface area contributed by atoms with Gasteiger partial charge in [-0.15, -0.1) is 0 Å². The van der Waals surface area contributed by atoms with E-state index in [0.717, 1.165) is 0 Å². The molecule has 2 unspecified atom stereocenters. The Kier molecular flexibility index (Phi) is 5.55. The summed E-state index contributed by atoms with van der Waals surface area (Å²) in [7, 11) is -2.95. The minimum Gasteiger partial charge on any atom is -0.479 e. The van der Waals surface area contributed by atoms with Gasteiger partial charge in [0, 0.05) is 19.5 Å². The predicted octanol–water partition coefficient (Wildman–Crippen LogP) is -1.44. The van der Waals surface area contributed by atoms with Gasteiger partial charge in [-0.3, -0.25) is 0 Å². The van der Waals surface area contributed by atoms with Gasteiger partial charge in [-0.05, 0) is 12.3 Å². The largest absolute Gasteiger partial charge is 0.479 e. The summed E-state index contributed by atoms with van der Waals surface area (Å²) in [5, 5.41) is 22.3. The number of hydrogen-bond donors (Lipinski definition) is 4. The molecular formula is C10H18N2O6S. The van der Waals surface area contributed by atoms with Gasteiger partial charge >= 0.3 is 12.0 Å². The van der Waals surface area contributed by atoms with E-state index < -0.39 is 27.9 Å². The average Bonchev–Trinajstić information content (AvgIpc) is 2.66. The first-order valence-corrected chi connectivity index (χ1v) is 7.75. The number of urea groups is 1. The maximum atomic E-state index is 11.3. The van der Waals surface area contributed by atoms with Crippen LogP contribution in [-0.2, 0) is 14.6 Å². The molecule has 2 amide bonds. The van der Waals surface area contributed by atoms with Gasteiger partial charge in [-0.1, -0.05) is 0 Å². The van der Waals surface area contributed by atoms with E-state index in [4.69, 9.17) is 10.2 Å². The van der Waals surface area contributed by atoms with Crippen molar-refractivity contribution in [3.05, 3.63) is 0 Å². The van der Waals surface area contributed by atoms with Crippen molar-refractivity contribution < 1.29 is 28.2 Å². The fourth-order valence-corrected chi connectivity index (χ4v) is 3.64. The summed E-state index contributed by atoms with van der Waals surface area (Å²) in [6, 6.07) is -0.498. The lowest BCUT2D eigenvalue weighted by atomic mass is 10.1. The van der Waals surface area contributed by atoms with Crippen LogP contribution >= 0.6 is 0 Å². The Morgan fingerprint density at radius 1 is 1.32 bits per heavy atom. The van der Waals surface area contributed by atoms with E-state index >= 15 is 0 Å². The molecule has 1 saturated heterocycles. The molecule has 1 fully saturated rings. The molecule has 1 aliphatic heterocycles. The van der Waals surface area contributed by atoms with Crippen LogP contribution in [0, 0.1) is 5.92 Å². The molecule has 0 saturated carbocycles. The summed E-state index contributed by atoms with van der Waals surface area (Å²) in [6.07, 6.45) is -1.04. The first-order chi connectivity index (χ1) is 8.80. The number of rotatable bonds is 6. The Balaban J connectivity index is 2.14. The van der Waals surface area contributed by atoms with Crippen LogP contribution in [0.4, 0.5) is 4.79 Å². The van der Waals surface area contributed by atoms with Crippen molar-refractivity contribution in [1.29, 1.82) is 0 Å². The molecule has 1 heterocycles. The number of aliphatic hydroxyl groups is 1. The van der Waals surface area contributed by atoms with Gasteiger partial charge in [-0.25, -0.2) is 18.0 Å². The van der Waals surface area contributed by atoms with Crippen LogP contribution < -0.4 is 10.6 Å². The molecule has 0 radical (unpaired) electrons. The molecule has 110 valence electrons. The summed E-state index contributed by atoms with van der Waals surface area (Å²) >= 11 is 0. The Morgan fingerprint density at radius 3 is 2.53 bits per heavy atom. The molecule has 0 bridgehead atoms. The van der Waals surface area contributed by atoms with Crippen molar-refractivity contribution >= 4 is 21.8 Å². The molecule has 1 rings (SSSR count). The highest BCUT2D eigenvalue weighted by atomic mass is 32.2. The normalized spacial score (nSPS) is 22.7. The Bertz CT molecular complexity index is 435. The molecule has 0 aliphatic carbocycles. The molecule has 0 aromatic rings. The lowest BCUT2D eigenvalue weighted by Gasteiger charge is -2.11. The van der Waals surface area contributed by atoms with Crippen LogP contribution in [0.15, 0.2) is 0 Å². The number of amides is 2. The van der Waals surface area contributed by atoms with E-state index in [0.29, 0.717) is 6.42 Å². The maximum absolute atomic E-state index is 11.3. The fourth-order valence-electron chi connectivity index (χ4n) is 1.78. The molecule has 2 atom stereocenters. The van der Waals surface area contributed by atoms with Crippen LogP contribution in [0.25, 0.3) is 0 Å². The molecule has 1 aliphatic rings. The minimum atomic E-state index is -2.95. The van der Waals surface area contributed by atoms with E-state index in [-0.39, 0.29) is 36.9 Å². The standard InChI is InChI=1S/C10H18N2O6S/c13-8(9(14)15)1-3-11-10(16)12-5-7-2-4-19(17,18)6-7/h7-8,13H,1-6H2,(H,14,15)(H2,11,12,16). The molecule has 9 heteroatoms. The number of carboxylic acids is 1. The molecule has 8 nitrogen and oxygen atoms in total. The molecule has 0 aromatic heterocycles. The summed E-state index contributed by atoms with van der Waals surface area (Å²) in [5.41, 5.74) is 0. The predicted molar refractivity (Wildman–Crippen MR) is 66.4 cm³/mol. The van der Waals surface area contributed by atoms with Crippen molar-refractivity contribution in [1.82, 2.24) is 10.6 Å². The number of carboxylic acid groups (broad SMARTS) is 1. The third-order valence-electron chi connectivity index (χ3n) is 2.87. The zero-order valence-corrected chi connectivity index (χ0v) is 11.1. The third-order valence-corrected chi connectivity index (χ3v) is 4.70. The highest BCUT2D eigenvalue weighted by molar-refractivity contribution is 7.91. The summed E-state index contributed by atoms with van der Waals surface area (Å²) in [5.74, 6) is -1.16. The van der Waals surface area contributed by atoms with Crippen molar-refractivity contribution in [2.45, 2.75) is 18.9 Å². The number of carbonyl (C=O) groups excluding carboxylic acids is 1. The van der Waals surface area contributed by atoms with Gasteiger partial charge in [0.1, 0.15) is 0 Å². The topological polar surface area (TPSA) is 133 Å². The Labute approximate surface area is 111 Å². The molecule has 0 aromatic carbocycles. The lowest BCUT2D eigenvalue weighted by molar-refractivity contribution is -0.146. The van der Waals surface area contributed by atoms with Gasteiger partial charge in [0.25, 0.3) is 0 Å². The number of sulfone groups is 1. The highest BCUT2D eigenvalue weighted by Crippen LogP contribution is 2.17. The van der Waals surface area contributed by atoms with Crippen LogP contribution in [0.2, 0.25) is 0 Å². The summed E-state index contributed by atoms with van der Waals surface area (Å²) in [4.78, 5) is 21.6. The van der Waals surface area contributed by atoms with Gasteiger partial charge < -0.3 is 20.8 Å². The Hall–Kier alpha value is -1.35. The lowest BCUT2D eigenvalue weighted by Crippen LogP contribution is -2.40. The molecular weight excluding hydrogens is 276 g/mol. The van der Waals surface area contributed by atoms with Gasteiger partial charge in [0.05, 0.1) is 11.5 Å². The number of nitrogens with one attached hydrogen (secondary N) is 2. The minimum absolute atomic E-state index is 0.0300. The monoisotopic (exact) mass is 294 g/mol. The second-order valence-corrected chi connectivity index (χ2v) is 6.78. The van der Waals surface area contributed by atoms with Crippen LogP contribution in [-0.4, -0.2) is 61.3 Å². The van der Waals surface area contributed by atoms with E-state index in [1.807, 2.05) is 0 Å². The fraction of sp³-hybridized carbons (Fsp3) is 0.800. The number of hydrogen-bond acceptors (Lipinski definition) is 5. The Morgan fingerprint density at radius 2 is 2.00 bits per heavy atom. The van der Waals surface area contributed by atoms with Crippen LogP contribution in [0.3, 0.4) is 0 Å². The number of carbonyl (C=O) groups is 2. The van der Waals surface area contributed by atoms with Crippen molar-refractivity contribution in [2.24, 2.45) is 5.92 Å². The van der Waals surface area contributed by atoms with E-state index in [2.05, 4.69) is 10.6 Å². The summed E-state index contributed by atoms with van der Waals surface area (Å²) < 4.78 is 22.4. The van der Waals surface area contributed by atoms with Crippen molar-refractivity contribution in [3.63, 3.8) is 0 Å². The van der Waals surface area contributed by atoms with Gasteiger partial charge in [-0.2, -0.15) is 0 Å². The second-order valence-electron chi connectivity index (χ2n) is 4.55. The molecule has 4 N–H and O–H groups in total. The molecule has 0 spiro atoms. The molecule has 19 heavy (non-hydrogen) atoms.